The molecule has 0 unspecified atom stereocenters. The lowest BCUT2D eigenvalue weighted by atomic mass is 10.0. The third-order valence-electron chi connectivity index (χ3n) is 4.56. The molecule has 1 fully saturated rings. The lowest BCUT2D eigenvalue weighted by Gasteiger charge is -2.35. The van der Waals surface area contributed by atoms with Gasteiger partial charge in [0.05, 0.1) is 21.2 Å². The van der Waals surface area contributed by atoms with Crippen LogP contribution in [-0.2, 0) is 4.79 Å². The van der Waals surface area contributed by atoms with Crippen molar-refractivity contribution in [3.8, 4) is 0 Å². The fourth-order valence-electron chi connectivity index (χ4n) is 3.16. The summed E-state index contributed by atoms with van der Waals surface area (Å²) in [5.74, 6) is -0.0595. The van der Waals surface area contributed by atoms with Crippen LogP contribution in [0.25, 0.3) is 11.0 Å². The monoisotopic (exact) mass is 429 g/mol. The second-order valence-corrected chi connectivity index (χ2v) is 7.45. The van der Waals surface area contributed by atoms with E-state index in [-0.39, 0.29) is 24.2 Å². The van der Waals surface area contributed by atoms with E-state index >= 15 is 0 Å². The molecule has 1 atom stereocenters. The lowest BCUT2D eigenvalue weighted by molar-refractivity contribution is -0.118. The molecule has 0 radical (unpaired) electrons. The number of likely N-dealkylation sites (N-methyl/N-ethyl adjacent to an activating group) is 1. The molecule has 0 aliphatic carbocycles. The topological polar surface area (TPSA) is 73.1 Å². The molecule has 8 heteroatoms. The molecule has 2 aromatic rings. The molecule has 0 saturated carbocycles. The number of nitrogens with zero attached hydrogens (tertiary/aromatic N) is 2. The average molecular weight is 431 g/mol. The summed E-state index contributed by atoms with van der Waals surface area (Å²) in [5.41, 5.74) is 2.68. The zero-order valence-electron chi connectivity index (χ0n) is 14.7. The summed E-state index contributed by atoms with van der Waals surface area (Å²) in [5, 5.41) is 7.37. The number of fused-ring (bicyclic) bond motifs is 1. The number of anilines is 2. The van der Waals surface area contributed by atoms with E-state index in [1.54, 1.807) is 0 Å². The van der Waals surface area contributed by atoms with E-state index < -0.39 is 0 Å². The summed E-state index contributed by atoms with van der Waals surface area (Å²) in [6.07, 6.45) is 5.97. The van der Waals surface area contributed by atoms with Gasteiger partial charge in [0.1, 0.15) is 5.65 Å². The lowest BCUT2D eigenvalue weighted by Crippen LogP contribution is -2.44. The molecule has 1 aliphatic heterocycles. The molecule has 6 nitrogen and oxygen atoms in total. The van der Waals surface area contributed by atoms with Gasteiger partial charge in [-0.1, -0.05) is 13.8 Å². The van der Waals surface area contributed by atoms with Gasteiger partial charge in [0, 0.05) is 37.4 Å². The van der Waals surface area contributed by atoms with Gasteiger partial charge in [-0.05, 0) is 35.8 Å². The highest BCUT2D eigenvalue weighted by molar-refractivity contribution is 9.10. The smallest absolute Gasteiger partial charge is 0.226 e. The number of piperidine rings is 1. The first kappa shape index (κ1) is 20.0. The first-order valence-electron chi connectivity index (χ1n) is 8.40. The summed E-state index contributed by atoms with van der Waals surface area (Å²) in [6, 6.07) is 0.474. The number of halogens is 2. The standard InChI is InChI=1S/C17H24BrN5O.ClH/c1-10(2)17(24)22-13-8-21-16-14(13)15(12(18)7-20-16)23-6-4-5-11(9-23)19-3;/h7-8,10-11,19H,4-6,9H2,1-3H3,(H,20,21)(H,22,24);1H/t11-;/m1./s1. The van der Waals surface area contributed by atoms with E-state index in [0.29, 0.717) is 6.04 Å². The van der Waals surface area contributed by atoms with E-state index in [0.717, 1.165) is 46.4 Å². The van der Waals surface area contributed by atoms with Crippen LogP contribution in [0.5, 0.6) is 0 Å². The number of carbonyl (C=O) groups is 1. The number of hydrogen-bond acceptors (Lipinski definition) is 4. The molecule has 3 rings (SSSR count). The van der Waals surface area contributed by atoms with Gasteiger partial charge >= 0.3 is 0 Å². The fourth-order valence-corrected chi connectivity index (χ4v) is 3.71. The van der Waals surface area contributed by atoms with Crippen molar-refractivity contribution < 1.29 is 4.79 Å². The summed E-state index contributed by atoms with van der Waals surface area (Å²) in [6.45, 7) is 5.72. The van der Waals surface area contributed by atoms with Crippen molar-refractivity contribution in [2.45, 2.75) is 32.7 Å². The molecule has 25 heavy (non-hydrogen) atoms. The second-order valence-electron chi connectivity index (χ2n) is 6.60. The Bertz CT molecular complexity index is 748. The van der Waals surface area contributed by atoms with Crippen molar-refractivity contribution >= 4 is 56.7 Å². The molecule has 0 aromatic carbocycles. The van der Waals surface area contributed by atoms with Crippen molar-refractivity contribution in [1.82, 2.24) is 15.3 Å². The van der Waals surface area contributed by atoms with Gasteiger partial charge in [0.15, 0.2) is 0 Å². The molecule has 0 bridgehead atoms. The molecular weight excluding hydrogens is 406 g/mol. The molecule has 1 aliphatic rings. The predicted molar refractivity (Wildman–Crippen MR) is 109 cm³/mol. The minimum atomic E-state index is -0.0674. The SMILES string of the molecule is CN[C@@H]1CCCN(c2c(Br)cnc3[nH]cc(NC(=O)C(C)C)c23)C1.Cl. The number of aromatic amines is 1. The van der Waals surface area contributed by atoms with Gasteiger partial charge in [-0.3, -0.25) is 4.79 Å². The zero-order valence-corrected chi connectivity index (χ0v) is 17.1. The number of nitrogens with one attached hydrogen (secondary N) is 3. The van der Waals surface area contributed by atoms with Crippen molar-refractivity contribution in [2.75, 3.05) is 30.4 Å². The highest BCUT2D eigenvalue weighted by Crippen LogP contribution is 2.39. The van der Waals surface area contributed by atoms with Gasteiger partial charge in [-0.15, -0.1) is 12.4 Å². The van der Waals surface area contributed by atoms with Crippen LogP contribution in [0.15, 0.2) is 16.9 Å². The summed E-state index contributed by atoms with van der Waals surface area (Å²) < 4.78 is 0.950. The zero-order chi connectivity index (χ0) is 17.3. The van der Waals surface area contributed by atoms with Crippen LogP contribution in [0.3, 0.4) is 0 Å². The van der Waals surface area contributed by atoms with E-state index in [1.165, 1.54) is 6.42 Å². The molecule has 3 heterocycles. The highest BCUT2D eigenvalue weighted by atomic mass is 79.9. The van der Waals surface area contributed by atoms with Crippen LogP contribution in [0.2, 0.25) is 0 Å². The van der Waals surface area contributed by atoms with Crippen LogP contribution < -0.4 is 15.5 Å². The number of rotatable bonds is 4. The third kappa shape index (κ3) is 4.10. The summed E-state index contributed by atoms with van der Waals surface area (Å²) in [7, 11) is 2.01. The van der Waals surface area contributed by atoms with Crippen molar-refractivity contribution in [1.29, 1.82) is 0 Å². The predicted octanol–water partition coefficient (Wildman–Crippen LogP) is 3.53. The van der Waals surface area contributed by atoms with Crippen LogP contribution >= 0.6 is 28.3 Å². The van der Waals surface area contributed by atoms with Gasteiger partial charge in [0.2, 0.25) is 5.91 Å². The van der Waals surface area contributed by atoms with Gasteiger partial charge in [-0.25, -0.2) is 4.98 Å². The van der Waals surface area contributed by atoms with E-state index in [1.807, 2.05) is 33.3 Å². The van der Waals surface area contributed by atoms with Crippen LogP contribution in [0.4, 0.5) is 11.4 Å². The third-order valence-corrected chi connectivity index (χ3v) is 5.14. The number of hydrogen-bond donors (Lipinski definition) is 3. The Labute approximate surface area is 162 Å². The Balaban J connectivity index is 0.00000225. The van der Waals surface area contributed by atoms with Gasteiger partial charge < -0.3 is 20.5 Å². The minimum Gasteiger partial charge on any atom is -0.368 e. The number of aromatic nitrogens is 2. The molecule has 0 spiro atoms. The molecule has 138 valence electrons. The number of H-pyrrole nitrogens is 1. The van der Waals surface area contributed by atoms with Gasteiger partial charge in [-0.2, -0.15) is 0 Å². The second kappa shape index (κ2) is 8.38. The Hall–Kier alpha value is -1.31. The normalized spacial score (nSPS) is 17.6. The van der Waals surface area contributed by atoms with Crippen LogP contribution in [-0.4, -0.2) is 42.1 Å². The van der Waals surface area contributed by atoms with E-state index in [9.17, 15) is 4.79 Å². The first-order valence-corrected chi connectivity index (χ1v) is 9.19. The summed E-state index contributed by atoms with van der Waals surface area (Å²) in [4.78, 5) is 22.1. The maximum absolute atomic E-state index is 12.1. The number of pyridine rings is 1. The Morgan fingerprint density at radius 1 is 1.48 bits per heavy atom. The quantitative estimate of drug-likeness (QED) is 0.694. The summed E-state index contributed by atoms with van der Waals surface area (Å²) >= 11 is 3.66. The molecule has 1 saturated heterocycles. The van der Waals surface area contributed by atoms with E-state index in [4.69, 9.17) is 0 Å². The molecular formula is C17H25BrClN5O. The van der Waals surface area contributed by atoms with Crippen LogP contribution in [0.1, 0.15) is 26.7 Å². The largest absolute Gasteiger partial charge is 0.368 e. The van der Waals surface area contributed by atoms with Gasteiger partial charge in [0.25, 0.3) is 0 Å². The molecule has 2 aromatic heterocycles. The Morgan fingerprint density at radius 3 is 2.92 bits per heavy atom. The molecule has 1 amide bonds. The van der Waals surface area contributed by atoms with E-state index in [2.05, 4.69) is 41.4 Å². The van der Waals surface area contributed by atoms with Crippen LogP contribution in [0, 0.1) is 5.92 Å². The molecule has 3 N–H and O–H groups in total. The minimum absolute atomic E-state index is 0. The van der Waals surface area contributed by atoms with Crippen molar-refractivity contribution in [2.24, 2.45) is 5.92 Å². The first-order chi connectivity index (χ1) is 11.5. The number of amides is 1. The van der Waals surface area contributed by atoms with Crippen molar-refractivity contribution in [3.63, 3.8) is 0 Å². The maximum atomic E-state index is 12.1. The Kier molecular flexibility index (Phi) is 6.71. The fraction of sp³-hybridized carbons (Fsp3) is 0.529. The Morgan fingerprint density at radius 2 is 2.24 bits per heavy atom. The average Bonchev–Trinajstić information content (AvgIpc) is 2.97. The maximum Gasteiger partial charge on any atom is 0.226 e. The number of carbonyl (C=O) groups excluding carboxylic acids is 1. The van der Waals surface area contributed by atoms with Crippen molar-refractivity contribution in [3.05, 3.63) is 16.9 Å². The highest BCUT2D eigenvalue weighted by Gasteiger charge is 2.24.